The number of rotatable bonds is 3. The lowest BCUT2D eigenvalue weighted by Crippen LogP contribution is -2.16. The number of pyridine rings is 1. The fourth-order valence-corrected chi connectivity index (χ4v) is 3.55. The average Bonchev–Trinajstić information content (AvgIpc) is 3.04. The maximum atomic E-state index is 12.8. The van der Waals surface area contributed by atoms with Crippen molar-refractivity contribution < 1.29 is 4.79 Å². The summed E-state index contributed by atoms with van der Waals surface area (Å²) in [5, 5.41) is 8.80. The minimum atomic E-state index is -0.487. The fraction of sp³-hybridized carbons (Fsp3) is 0.0500. The summed E-state index contributed by atoms with van der Waals surface area (Å²) in [6.45, 7) is 1.83. The van der Waals surface area contributed by atoms with Crippen LogP contribution in [0.1, 0.15) is 16.1 Å². The Morgan fingerprint density at radius 3 is 2.57 bits per heavy atom. The minimum Gasteiger partial charge on any atom is -0.306 e. The molecule has 0 fully saturated rings. The number of fused-ring (bicyclic) bond motifs is 1. The number of amides is 1. The molecule has 1 N–H and O–H groups in total. The van der Waals surface area contributed by atoms with Crippen molar-refractivity contribution in [3.05, 3.63) is 80.9 Å². The predicted molar refractivity (Wildman–Crippen MR) is 113 cm³/mol. The van der Waals surface area contributed by atoms with Crippen molar-refractivity contribution in [3.63, 3.8) is 0 Å². The number of hydrogen-bond acceptors (Lipinski definition) is 3. The Hall–Kier alpha value is -2.60. The van der Waals surface area contributed by atoms with Gasteiger partial charge in [-0.15, -0.1) is 0 Å². The van der Waals surface area contributed by atoms with Gasteiger partial charge in [0, 0.05) is 11.5 Å². The average molecular weight is 432 g/mol. The van der Waals surface area contributed by atoms with Crippen molar-refractivity contribution in [2.24, 2.45) is 0 Å². The molecule has 1 amide bonds. The van der Waals surface area contributed by atoms with Crippen molar-refractivity contribution in [1.82, 2.24) is 14.8 Å². The van der Waals surface area contributed by atoms with E-state index in [0.717, 1.165) is 10.9 Å². The first-order chi connectivity index (χ1) is 13.4. The highest BCUT2D eigenvalue weighted by Crippen LogP contribution is 2.32. The molecule has 2 heterocycles. The van der Waals surface area contributed by atoms with Gasteiger partial charge in [-0.25, -0.2) is 4.98 Å². The van der Waals surface area contributed by atoms with Crippen LogP contribution in [0.4, 0.5) is 5.82 Å². The van der Waals surface area contributed by atoms with Crippen LogP contribution in [0.5, 0.6) is 0 Å². The number of carbonyl (C=O) groups excluding carboxylic acids is 1. The number of para-hydroxylation sites is 1. The first kappa shape index (κ1) is 18.7. The van der Waals surface area contributed by atoms with E-state index >= 15 is 0 Å². The quantitative estimate of drug-likeness (QED) is 0.408. The third-order valence-electron chi connectivity index (χ3n) is 4.14. The lowest BCUT2D eigenvalue weighted by Gasteiger charge is -2.11. The second kappa shape index (κ2) is 7.43. The van der Waals surface area contributed by atoms with Gasteiger partial charge in [0.05, 0.1) is 31.8 Å². The van der Waals surface area contributed by atoms with E-state index in [0.29, 0.717) is 17.3 Å². The molecule has 5 nitrogen and oxygen atoms in total. The van der Waals surface area contributed by atoms with E-state index in [1.807, 2.05) is 43.3 Å². The van der Waals surface area contributed by atoms with E-state index in [4.69, 9.17) is 34.8 Å². The van der Waals surface area contributed by atoms with E-state index in [2.05, 4.69) is 15.4 Å². The summed E-state index contributed by atoms with van der Waals surface area (Å²) < 4.78 is 1.56. The Morgan fingerprint density at radius 1 is 1.00 bits per heavy atom. The van der Waals surface area contributed by atoms with Crippen LogP contribution in [0.15, 0.2) is 54.6 Å². The highest BCUT2D eigenvalue weighted by molar-refractivity contribution is 6.46. The number of carbonyl (C=O) groups is 1. The number of nitrogens with zero attached hydrogens (tertiary/aromatic N) is 3. The number of hydrogen-bond donors (Lipinski definition) is 1. The highest BCUT2D eigenvalue weighted by atomic mass is 35.5. The van der Waals surface area contributed by atoms with Crippen LogP contribution in [-0.2, 0) is 0 Å². The Morgan fingerprint density at radius 2 is 1.75 bits per heavy atom. The van der Waals surface area contributed by atoms with Crippen molar-refractivity contribution in [3.8, 4) is 5.82 Å². The van der Waals surface area contributed by atoms with E-state index < -0.39 is 5.91 Å². The standard InChI is InChI=1S/C20H13Cl3N4O/c1-11-10-17(25-20(28)18-13(21)7-8-14(22)19(18)23)27(26-11)16-9-6-12-4-2-3-5-15(12)24-16/h2-10H,1H3,(H,25,28). The molecule has 28 heavy (non-hydrogen) atoms. The lowest BCUT2D eigenvalue weighted by molar-refractivity contribution is 0.102. The summed E-state index contributed by atoms with van der Waals surface area (Å²) in [6.07, 6.45) is 0. The molecule has 0 atom stereocenters. The van der Waals surface area contributed by atoms with Crippen LogP contribution in [-0.4, -0.2) is 20.7 Å². The molecule has 0 spiro atoms. The molecule has 0 bridgehead atoms. The SMILES string of the molecule is Cc1cc(NC(=O)c2c(Cl)ccc(Cl)c2Cl)n(-c2ccc3ccccc3n2)n1. The molecule has 0 radical (unpaired) electrons. The van der Waals surface area contributed by atoms with E-state index in [9.17, 15) is 4.79 Å². The highest BCUT2D eigenvalue weighted by Gasteiger charge is 2.20. The van der Waals surface area contributed by atoms with Crippen LogP contribution < -0.4 is 5.32 Å². The van der Waals surface area contributed by atoms with Crippen LogP contribution in [0, 0.1) is 6.92 Å². The predicted octanol–water partition coefficient (Wildman–Crippen LogP) is 5.94. The van der Waals surface area contributed by atoms with Crippen LogP contribution in [0.2, 0.25) is 15.1 Å². The summed E-state index contributed by atoms with van der Waals surface area (Å²) in [6, 6.07) is 16.3. The van der Waals surface area contributed by atoms with Crippen LogP contribution >= 0.6 is 34.8 Å². The number of halogens is 3. The largest absolute Gasteiger partial charge is 0.306 e. The normalized spacial score (nSPS) is 11.0. The van der Waals surface area contributed by atoms with E-state index in [-0.39, 0.29) is 20.6 Å². The van der Waals surface area contributed by atoms with Gasteiger partial charge in [-0.05, 0) is 37.3 Å². The molecule has 4 rings (SSSR count). The molecule has 0 unspecified atom stereocenters. The molecule has 2 aromatic heterocycles. The van der Waals surface area contributed by atoms with Crippen molar-refractivity contribution in [1.29, 1.82) is 0 Å². The zero-order valence-electron chi connectivity index (χ0n) is 14.6. The first-order valence-corrected chi connectivity index (χ1v) is 9.45. The molecule has 0 aliphatic carbocycles. The van der Waals surface area contributed by atoms with Crippen molar-refractivity contribution in [2.45, 2.75) is 6.92 Å². The maximum Gasteiger partial charge on any atom is 0.259 e. The van der Waals surface area contributed by atoms with Crippen LogP contribution in [0.3, 0.4) is 0 Å². The number of nitrogens with one attached hydrogen (secondary N) is 1. The molecule has 0 saturated carbocycles. The molecule has 4 aromatic rings. The maximum absolute atomic E-state index is 12.8. The lowest BCUT2D eigenvalue weighted by atomic mass is 10.2. The van der Waals surface area contributed by atoms with Gasteiger partial charge >= 0.3 is 0 Å². The Balaban J connectivity index is 1.74. The number of aryl methyl sites for hydroxylation is 1. The van der Waals surface area contributed by atoms with Gasteiger partial charge in [0.2, 0.25) is 0 Å². The van der Waals surface area contributed by atoms with Gasteiger partial charge in [0.1, 0.15) is 5.82 Å². The second-order valence-corrected chi connectivity index (χ2v) is 7.31. The van der Waals surface area contributed by atoms with Gasteiger partial charge in [-0.1, -0.05) is 53.0 Å². The Labute approximate surface area is 175 Å². The third-order valence-corrected chi connectivity index (χ3v) is 5.26. The van der Waals surface area contributed by atoms with Gasteiger partial charge < -0.3 is 5.32 Å². The van der Waals surface area contributed by atoms with Crippen molar-refractivity contribution >= 4 is 57.4 Å². The molecule has 0 aliphatic rings. The topological polar surface area (TPSA) is 59.8 Å². The smallest absolute Gasteiger partial charge is 0.259 e. The zero-order chi connectivity index (χ0) is 19.8. The Bertz CT molecular complexity index is 1220. The molecular weight excluding hydrogens is 419 g/mol. The van der Waals surface area contributed by atoms with Gasteiger partial charge in [0.15, 0.2) is 5.82 Å². The third kappa shape index (κ3) is 3.44. The number of anilines is 1. The molecular formula is C20H13Cl3N4O. The Kier molecular flexibility index (Phi) is 4.98. The second-order valence-electron chi connectivity index (χ2n) is 6.12. The summed E-state index contributed by atoms with van der Waals surface area (Å²) >= 11 is 18.3. The molecule has 8 heteroatoms. The first-order valence-electron chi connectivity index (χ1n) is 8.32. The minimum absolute atomic E-state index is 0.0956. The van der Waals surface area contributed by atoms with Gasteiger partial charge in [0.25, 0.3) is 5.91 Å². The monoisotopic (exact) mass is 430 g/mol. The summed E-state index contributed by atoms with van der Waals surface area (Å²) in [7, 11) is 0. The molecule has 2 aromatic carbocycles. The summed E-state index contributed by atoms with van der Waals surface area (Å²) in [5.74, 6) is 0.530. The van der Waals surface area contributed by atoms with Crippen molar-refractivity contribution in [2.75, 3.05) is 5.32 Å². The number of aromatic nitrogens is 3. The number of benzene rings is 2. The fourth-order valence-electron chi connectivity index (χ4n) is 2.85. The van der Waals surface area contributed by atoms with E-state index in [1.54, 1.807) is 10.7 Å². The van der Waals surface area contributed by atoms with Gasteiger partial charge in [-0.3, -0.25) is 4.79 Å². The van der Waals surface area contributed by atoms with Gasteiger partial charge in [-0.2, -0.15) is 9.78 Å². The van der Waals surface area contributed by atoms with Crippen LogP contribution in [0.25, 0.3) is 16.7 Å². The molecule has 0 aliphatic heterocycles. The molecule has 0 saturated heterocycles. The summed E-state index contributed by atoms with van der Waals surface area (Å²) in [5.41, 5.74) is 1.65. The summed E-state index contributed by atoms with van der Waals surface area (Å²) in [4.78, 5) is 17.4. The zero-order valence-corrected chi connectivity index (χ0v) is 16.8. The van der Waals surface area contributed by atoms with E-state index in [1.165, 1.54) is 12.1 Å². The molecule has 140 valence electrons.